The highest BCUT2D eigenvalue weighted by molar-refractivity contribution is 5.85. The first-order chi connectivity index (χ1) is 8.87. The summed E-state index contributed by atoms with van der Waals surface area (Å²) in [7, 11) is 0. The number of carbonyl (C=O) groups is 1. The summed E-state index contributed by atoms with van der Waals surface area (Å²) in [5.74, 6) is 0. The van der Waals surface area contributed by atoms with E-state index in [4.69, 9.17) is 4.74 Å². The summed E-state index contributed by atoms with van der Waals surface area (Å²) in [6.07, 6.45) is 2.99. The predicted molar refractivity (Wildman–Crippen MR) is 78.0 cm³/mol. The molecular formula is C15H20N2O2. The molecule has 1 N–H and O–H groups in total. The summed E-state index contributed by atoms with van der Waals surface area (Å²) in [4.78, 5) is 11.3. The summed E-state index contributed by atoms with van der Waals surface area (Å²) in [5, 5.41) is 3.83. The summed E-state index contributed by atoms with van der Waals surface area (Å²) in [6, 6.07) is 9.90. The Bertz CT molecular complexity index is 471. The van der Waals surface area contributed by atoms with Crippen LogP contribution >= 0.6 is 0 Å². The molecule has 1 aromatic carbocycles. The van der Waals surface area contributed by atoms with Gasteiger partial charge in [-0.3, -0.25) is 0 Å². The lowest BCUT2D eigenvalue weighted by Gasteiger charge is -2.18. The third kappa shape index (κ3) is 7.03. The highest BCUT2D eigenvalue weighted by Crippen LogP contribution is 2.06. The van der Waals surface area contributed by atoms with Gasteiger partial charge in [0.05, 0.1) is 6.21 Å². The monoisotopic (exact) mass is 260 g/mol. The maximum Gasteiger partial charge on any atom is 0.428 e. The van der Waals surface area contributed by atoms with Gasteiger partial charge in [-0.25, -0.2) is 10.2 Å². The van der Waals surface area contributed by atoms with Crippen LogP contribution in [-0.4, -0.2) is 17.9 Å². The molecule has 0 aromatic heterocycles. The van der Waals surface area contributed by atoms with E-state index >= 15 is 0 Å². The van der Waals surface area contributed by atoms with E-state index in [1.54, 1.807) is 27.0 Å². The number of nitrogens with one attached hydrogen (secondary N) is 1. The summed E-state index contributed by atoms with van der Waals surface area (Å²) >= 11 is 0. The number of nitrogens with zero attached hydrogens (tertiary/aromatic N) is 1. The molecule has 0 aliphatic rings. The van der Waals surface area contributed by atoms with Crippen LogP contribution in [0.1, 0.15) is 33.3 Å². The maximum absolute atomic E-state index is 11.3. The van der Waals surface area contributed by atoms with E-state index in [9.17, 15) is 4.79 Å². The highest BCUT2D eigenvalue weighted by Gasteiger charge is 2.15. The number of hydrazone groups is 1. The molecule has 19 heavy (non-hydrogen) atoms. The first-order valence-electron chi connectivity index (χ1n) is 6.12. The van der Waals surface area contributed by atoms with Crippen molar-refractivity contribution >= 4 is 18.4 Å². The van der Waals surface area contributed by atoms with Crippen LogP contribution in [0, 0.1) is 0 Å². The van der Waals surface area contributed by atoms with Crippen molar-refractivity contribution in [1.29, 1.82) is 0 Å². The standard InChI is InChI=1S/C15H20N2O2/c1-12(10-13-8-6-5-7-9-13)11-16-17-14(18)19-15(2,3)4/h5-11H,1-4H3,(H,17,18)/b12-10+,16-11-. The van der Waals surface area contributed by atoms with Gasteiger partial charge in [0.25, 0.3) is 0 Å². The van der Waals surface area contributed by atoms with Gasteiger partial charge in [0.15, 0.2) is 0 Å². The Morgan fingerprint density at radius 1 is 1.26 bits per heavy atom. The lowest BCUT2D eigenvalue weighted by atomic mass is 10.1. The summed E-state index contributed by atoms with van der Waals surface area (Å²) in [6.45, 7) is 7.32. The van der Waals surface area contributed by atoms with E-state index in [0.717, 1.165) is 11.1 Å². The van der Waals surface area contributed by atoms with Crippen molar-refractivity contribution in [2.24, 2.45) is 5.10 Å². The molecule has 4 heteroatoms. The Hall–Kier alpha value is -2.10. The molecule has 1 amide bonds. The van der Waals surface area contributed by atoms with Crippen LogP contribution in [0.4, 0.5) is 4.79 Å². The second-order valence-corrected chi connectivity index (χ2v) is 5.17. The Kier molecular flexibility index (Phi) is 5.30. The second kappa shape index (κ2) is 6.73. The minimum atomic E-state index is -0.559. The van der Waals surface area contributed by atoms with Crippen molar-refractivity contribution in [1.82, 2.24) is 5.43 Å². The number of rotatable bonds is 3. The minimum absolute atomic E-state index is 0.519. The average Bonchev–Trinajstić information content (AvgIpc) is 2.27. The molecule has 0 atom stereocenters. The molecule has 102 valence electrons. The van der Waals surface area contributed by atoms with Crippen LogP contribution in [0.2, 0.25) is 0 Å². The summed E-state index contributed by atoms with van der Waals surface area (Å²) < 4.78 is 5.05. The Labute approximate surface area is 114 Å². The van der Waals surface area contributed by atoms with Crippen molar-refractivity contribution in [2.45, 2.75) is 33.3 Å². The van der Waals surface area contributed by atoms with Crippen LogP contribution < -0.4 is 5.43 Å². The molecule has 0 heterocycles. The Morgan fingerprint density at radius 3 is 2.47 bits per heavy atom. The highest BCUT2D eigenvalue weighted by atomic mass is 16.6. The van der Waals surface area contributed by atoms with Gasteiger partial charge in [-0.2, -0.15) is 5.10 Å². The van der Waals surface area contributed by atoms with Gasteiger partial charge in [-0.1, -0.05) is 36.4 Å². The number of allylic oxidation sites excluding steroid dienone is 1. The fraction of sp³-hybridized carbons (Fsp3) is 0.333. The molecule has 0 aliphatic carbocycles. The quantitative estimate of drug-likeness (QED) is 0.667. The van der Waals surface area contributed by atoms with E-state index in [2.05, 4.69) is 10.5 Å². The van der Waals surface area contributed by atoms with Gasteiger partial charge < -0.3 is 4.74 Å². The first-order valence-corrected chi connectivity index (χ1v) is 6.12. The fourth-order valence-corrected chi connectivity index (χ4v) is 1.34. The summed E-state index contributed by atoms with van der Waals surface area (Å²) in [5.41, 5.74) is 3.82. The maximum atomic E-state index is 11.3. The van der Waals surface area contributed by atoms with Crippen molar-refractivity contribution in [3.8, 4) is 0 Å². The van der Waals surface area contributed by atoms with Gasteiger partial charge in [-0.05, 0) is 38.8 Å². The van der Waals surface area contributed by atoms with Crippen molar-refractivity contribution in [3.63, 3.8) is 0 Å². The fourth-order valence-electron chi connectivity index (χ4n) is 1.34. The SMILES string of the molecule is CC(/C=N\NC(=O)OC(C)(C)C)=C\c1ccccc1. The average molecular weight is 260 g/mol. The Morgan fingerprint density at radius 2 is 1.89 bits per heavy atom. The third-order valence-corrected chi connectivity index (χ3v) is 2.02. The van der Waals surface area contributed by atoms with Crippen LogP contribution in [0.15, 0.2) is 41.0 Å². The molecule has 0 bridgehead atoms. The zero-order valence-corrected chi connectivity index (χ0v) is 11.8. The lowest BCUT2D eigenvalue weighted by molar-refractivity contribution is 0.0529. The van der Waals surface area contributed by atoms with Gasteiger partial charge in [0.2, 0.25) is 0 Å². The number of amides is 1. The molecule has 0 radical (unpaired) electrons. The lowest BCUT2D eigenvalue weighted by Crippen LogP contribution is -2.29. The van der Waals surface area contributed by atoms with E-state index in [1.807, 2.05) is 43.3 Å². The molecule has 1 rings (SSSR count). The molecule has 1 aromatic rings. The van der Waals surface area contributed by atoms with Crippen molar-refractivity contribution < 1.29 is 9.53 Å². The van der Waals surface area contributed by atoms with Crippen molar-refractivity contribution in [3.05, 3.63) is 41.5 Å². The Balaban J connectivity index is 2.49. The molecule has 0 aliphatic heterocycles. The third-order valence-electron chi connectivity index (χ3n) is 2.02. The molecule has 0 spiro atoms. The van der Waals surface area contributed by atoms with Gasteiger partial charge >= 0.3 is 6.09 Å². The van der Waals surface area contributed by atoms with Gasteiger partial charge in [0.1, 0.15) is 5.60 Å². The zero-order valence-electron chi connectivity index (χ0n) is 11.8. The molecule has 0 saturated heterocycles. The molecule has 4 nitrogen and oxygen atoms in total. The van der Waals surface area contributed by atoms with Gasteiger partial charge in [-0.15, -0.1) is 0 Å². The van der Waals surface area contributed by atoms with E-state index in [-0.39, 0.29) is 0 Å². The molecule has 0 unspecified atom stereocenters. The van der Waals surface area contributed by atoms with Gasteiger partial charge in [0, 0.05) is 0 Å². The number of carbonyl (C=O) groups excluding carboxylic acids is 1. The number of ether oxygens (including phenoxy) is 1. The van der Waals surface area contributed by atoms with E-state index < -0.39 is 11.7 Å². The molecule has 0 fully saturated rings. The topological polar surface area (TPSA) is 50.7 Å². The number of hydrogen-bond acceptors (Lipinski definition) is 3. The normalized spacial score (nSPS) is 12.5. The van der Waals surface area contributed by atoms with Crippen LogP contribution in [0.3, 0.4) is 0 Å². The predicted octanol–water partition coefficient (Wildman–Crippen LogP) is 3.60. The number of benzene rings is 1. The smallest absolute Gasteiger partial charge is 0.428 e. The minimum Gasteiger partial charge on any atom is -0.443 e. The van der Waals surface area contributed by atoms with E-state index in [1.165, 1.54) is 0 Å². The molecular weight excluding hydrogens is 240 g/mol. The molecule has 0 saturated carbocycles. The second-order valence-electron chi connectivity index (χ2n) is 5.17. The van der Waals surface area contributed by atoms with E-state index in [0.29, 0.717) is 0 Å². The van der Waals surface area contributed by atoms with Crippen LogP contribution in [0.5, 0.6) is 0 Å². The zero-order chi connectivity index (χ0) is 14.3. The van der Waals surface area contributed by atoms with Crippen LogP contribution in [0.25, 0.3) is 6.08 Å². The largest absolute Gasteiger partial charge is 0.443 e. The van der Waals surface area contributed by atoms with Crippen molar-refractivity contribution in [2.75, 3.05) is 0 Å². The van der Waals surface area contributed by atoms with Crippen LogP contribution in [-0.2, 0) is 4.74 Å². The first kappa shape index (κ1) is 15.0. The number of hydrogen-bond donors (Lipinski definition) is 1.